The van der Waals surface area contributed by atoms with Gasteiger partial charge in [0.1, 0.15) is 15.6 Å². The van der Waals surface area contributed by atoms with Crippen LogP contribution in [0.25, 0.3) is 0 Å². The van der Waals surface area contributed by atoms with Crippen molar-refractivity contribution in [3.63, 3.8) is 0 Å². The largest absolute Gasteiger partial charge is 0.497 e. The van der Waals surface area contributed by atoms with E-state index in [1.165, 1.54) is 0 Å². The van der Waals surface area contributed by atoms with Gasteiger partial charge in [-0.1, -0.05) is 35.3 Å². The average Bonchev–Trinajstić information content (AvgIpc) is 3.10. The van der Waals surface area contributed by atoms with Crippen molar-refractivity contribution >= 4 is 29.0 Å². The number of rotatable bonds is 3. The summed E-state index contributed by atoms with van der Waals surface area (Å²) in [6.45, 7) is 0.198. The first-order valence-electron chi connectivity index (χ1n) is 7.01. The molecule has 0 saturated carbocycles. The van der Waals surface area contributed by atoms with Crippen molar-refractivity contribution in [2.24, 2.45) is 0 Å². The van der Waals surface area contributed by atoms with E-state index < -0.39 is 11.7 Å². The van der Waals surface area contributed by atoms with Crippen molar-refractivity contribution in [2.45, 2.75) is 18.6 Å². The molecule has 1 aromatic heterocycles. The van der Waals surface area contributed by atoms with Crippen molar-refractivity contribution in [3.8, 4) is 5.75 Å². The van der Waals surface area contributed by atoms with E-state index in [9.17, 15) is 14.7 Å². The molecule has 2 aromatic rings. The number of β-amino-alcohol motifs (C(OH)–C–C–N with tert-alkyl or cyclic N) is 1. The number of carbonyl (C=O) groups excluding carboxylic acids is 1. The van der Waals surface area contributed by atoms with Crippen LogP contribution in [0.3, 0.4) is 0 Å². The Morgan fingerprint density at radius 1 is 1.52 bits per heavy atom. The Bertz CT molecular complexity index is 788. The van der Waals surface area contributed by atoms with Gasteiger partial charge >= 0.3 is 0 Å². The number of likely N-dealkylation sites (tertiary alicyclic amines) is 1. The maximum Gasteiger partial charge on any atom is 0.277 e. The molecule has 0 spiro atoms. The molecule has 0 bridgehead atoms. The minimum Gasteiger partial charge on any atom is -0.497 e. The standard InChI is InChI=1S/C15H15ClN2O4S/c1-22-10-4-2-3-8(5-10)11-6-9(19)7-18(11)15(21)13-12(16)14(20)17-23-13/h2-5,9,11,19H,6-7H2,1H3,(H,17,20). The van der Waals surface area contributed by atoms with E-state index in [2.05, 4.69) is 4.37 Å². The van der Waals surface area contributed by atoms with Gasteiger partial charge < -0.3 is 14.7 Å². The molecule has 0 radical (unpaired) electrons. The smallest absolute Gasteiger partial charge is 0.277 e. The molecule has 1 aliphatic rings. The van der Waals surface area contributed by atoms with Gasteiger partial charge in [0.2, 0.25) is 0 Å². The van der Waals surface area contributed by atoms with Crippen LogP contribution in [0.4, 0.5) is 0 Å². The second-order valence-electron chi connectivity index (χ2n) is 5.32. The number of amides is 1. The summed E-state index contributed by atoms with van der Waals surface area (Å²) in [5.41, 5.74) is 0.394. The third kappa shape index (κ3) is 2.99. The molecular weight excluding hydrogens is 340 g/mol. The summed E-state index contributed by atoms with van der Waals surface area (Å²) >= 11 is 6.81. The van der Waals surface area contributed by atoms with Gasteiger partial charge in [-0.15, -0.1) is 0 Å². The van der Waals surface area contributed by atoms with E-state index >= 15 is 0 Å². The number of nitrogens with zero attached hydrogens (tertiary/aromatic N) is 1. The Balaban J connectivity index is 1.94. The topological polar surface area (TPSA) is 82.6 Å². The van der Waals surface area contributed by atoms with E-state index in [1.807, 2.05) is 24.3 Å². The van der Waals surface area contributed by atoms with Gasteiger partial charge in [-0.25, -0.2) is 0 Å². The number of aliphatic hydroxyl groups excluding tert-OH is 1. The van der Waals surface area contributed by atoms with Crippen molar-refractivity contribution in [2.75, 3.05) is 13.7 Å². The van der Waals surface area contributed by atoms with Crippen molar-refractivity contribution in [1.82, 2.24) is 9.27 Å². The number of methoxy groups -OCH3 is 1. The average molecular weight is 355 g/mol. The van der Waals surface area contributed by atoms with Crippen LogP contribution in [0.15, 0.2) is 29.1 Å². The zero-order valence-corrected chi connectivity index (χ0v) is 13.9. The zero-order chi connectivity index (χ0) is 16.6. The Labute approximate surface area is 141 Å². The molecule has 0 aliphatic carbocycles. The first-order chi connectivity index (χ1) is 11.0. The molecule has 1 aliphatic heterocycles. The molecule has 8 heteroatoms. The van der Waals surface area contributed by atoms with Gasteiger partial charge in [0.15, 0.2) is 0 Å². The van der Waals surface area contributed by atoms with E-state index in [0.29, 0.717) is 12.2 Å². The Hall–Kier alpha value is -1.83. The number of halogens is 1. The summed E-state index contributed by atoms with van der Waals surface area (Å²) in [6, 6.07) is 7.08. The van der Waals surface area contributed by atoms with Crippen LogP contribution in [0.2, 0.25) is 5.02 Å². The molecular formula is C15H15ClN2O4S. The third-order valence-electron chi connectivity index (χ3n) is 3.86. The van der Waals surface area contributed by atoms with Crippen LogP contribution < -0.4 is 10.3 Å². The monoisotopic (exact) mass is 354 g/mol. The number of ether oxygens (including phenoxy) is 1. The number of benzene rings is 1. The van der Waals surface area contributed by atoms with Gasteiger partial charge in [0.25, 0.3) is 11.5 Å². The molecule has 1 fully saturated rings. The number of nitrogens with one attached hydrogen (secondary N) is 1. The van der Waals surface area contributed by atoms with Crippen molar-refractivity contribution in [3.05, 3.63) is 50.1 Å². The second kappa shape index (κ2) is 6.35. The number of hydrogen-bond donors (Lipinski definition) is 2. The molecule has 1 saturated heterocycles. The van der Waals surface area contributed by atoms with Gasteiger partial charge in [0, 0.05) is 6.54 Å². The quantitative estimate of drug-likeness (QED) is 0.883. The number of hydrogen-bond acceptors (Lipinski definition) is 5. The van der Waals surface area contributed by atoms with Crippen LogP contribution in [0.5, 0.6) is 5.75 Å². The SMILES string of the molecule is COc1cccc(C2CC(O)CN2C(=O)c2s[nH]c(=O)c2Cl)c1. The minimum atomic E-state index is -0.621. The lowest BCUT2D eigenvalue weighted by molar-refractivity contribution is 0.0720. The number of aromatic amines is 1. The van der Waals surface area contributed by atoms with Gasteiger partial charge in [-0.05, 0) is 24.1 Å². The van der Waals surface area contributed by atoms with Crippen LogP contribution in [-0.4, -0.2) is 40.0 Å². The molecule has 2 heterocycles. The Morgan fingerprint density at radius 3 is 2.96 bits per heavy atom. The number of aliphatic hydroxyl groups is 1. The fraction of sp³-hybridized carbons (Fsp3) is 0.333. The summed E-state index contributed by atoms with van der Waals surface area (Å²) in [7, 11) is 1.57. The van der Waals surface area contributed by atoms with E-state index in [1.54, 1.807) is 12.0 Å². The van der Waals surface area contributed by atoms with Crippen molar-refractivity contribution in [1.29, 1.82) is 0 Å². The maximum absolute atomic E-state index is 12.7. The number of carbonyl (C=O) groups is 1. The van der Waals surface area contributed by atoms with Crippen LogP contribution in [-0.2, 0) is 0 Å². The summed E-state index contributed by atoms with van der Waals surface area (Å²) in [5, 5.41) is 9.90. The van der Waals surface area contributed by atoms with Crippen LogP contribution in [0, 0.1) is 0 Å². The summed E-state index contributed by atoms with van der Waals surface area (Å²) < 4.78 is 7.66. The van der Waals surface area contributed by atoms with E-state index in [4.69, 9.17) is 16.3 Å². The molecule has 3 rings (SSSR count). The normalized spacial score (nSPS) is 20.7. The van der Waals surface area contributed by atoms with E-state index in [0.717, 1.165) is 17.1 Å². The lowest BCUT2D eigenvalue weighted by Crippen LogP contribution is -2.31. The highest BCUT2D eigenvalue weighted by molar-refractivity contribution is 7.08. The second-order valence-corrected chi connectivity index (χ2v) is 6.51. The van der Waals surface area contributed by atoms with Gasteiger partial charge in [-0.2, -0.15) is 0 Å². The lowest BCUT2D eigenvalue weighted by atomic mass is 10.0. The number of aromatic nitrogens is 1. The molecule has 6 nitrogen and oxygen atoms in total. The van der Waals surface area contributed by atoms with Crippen LogP contribution in [0.1, 0.15) is 27.7 Å². The first kappa shape index (κ1) is 16.0. The molecule has 1 amide bonds. The first-order valence-corrected chi connectivity index (χ1v) is 8.20. The summed E-state index contributed by atoms with van der Waals surface area (Å²) in [5.74, 6) is 0.323. The predicted molar refractivity (Wildman–Crippen MR) is 87.3 cm³/mol. The lowest BCUT2D eigenvalue weighted by Gasteiger charge is -2.24. The fourth-order valence-electron chi connectivity index (χ4n) is 2.76. The molecule has 2 atom stereocenters. The Morgan fingerprint density at radius 2 is 2.30 bits per heavy atom. The van der Waals surface area contributed by atoms with E-state index in [-0.39, 0.29) is 28.4 Å². The predicted octanol–water partition coefficient (Wildman–Crippen LogP) is 2.05. The number of H-pyrrole nitrogens is 1. The van der Waals surface area contributed by atoms with Gasteiger partial charge in [0.05, 0.1) is 19.3 Å². The molecule has 122 valence electrons. The molecule has 23 heavy (non-hydrogen) atoms. The molecule has 2 unspecified atom stereocenters. The van der Waals surface area contributed by atoms with Crippen molar-refractivity contribution < 1.29 is 14.6 Å². The third-order valence-corrected chi connectivity index (χ3v) is 5.20. The summed E-state index contributed by atoms with van der Waals surface area (Å²) in [4.78, 5) is 25.9. The zero-order valence-electron chi connectivity index (χ0n) is 12.3. The maximum atomic E-state index is 12.7. The summed E-state index contributed by atoms with van der Waals surface area (Å²) in [6.07, 6.45) is -0.194. The highest BCUT2D eigenvalue weighted by atomic mass is 35.5. The van der Waals surface area contributed by atoms with Gasteiger partial charge in [-0.3, -0.25) is 14.0 Å². The highest BCUT2D eigenvalue weighted by Gasteiger charge is 2.37. The molecule has 2 N–H and O–H groups in total. The Kier molecular flexibility index (Phi) is 4.43. The highest BCUT2D eigenvalue weighted by Crippen LogP contribution is 2.35. The minimum absolute atomic E-state index is 0.106. The fourth-order valence-corrected chi connectivity index (χ4v) is 3.74. The molecule has 1 aromatic carbocycles. The van der Waals surface area contributed by atoms with Crippen LogP contribution >= 0.6 is 23.1 Å².